The highest BCUT2D eigenvalue weighted by Gasteiger charge is 2.22. The van der Waals surface area contributed by atoms with Crippen LogP contribution in [0.5, 0.6) is 5.75 Å². The Morgan fingerprint density at radius 3 is 2.95 bits per heavy atom. The molecule has 2 rings (SSSR count). The van der Waals surface area contributed by atoms with E-state index < -0.39 is 0 Å². The van der Waals surface area contributed by atoms with Gasteiger partial charge < -0.3 is 20.1 Å². The number of nitrogens with zero attached hydrogens (tertiary/aromatic N) is 1. The second kappa shape index (κ2) is 8.52. The molecule has 1 atom stereocenters. The third kappa shape index (κ3) is 5.27. The van der Waals surface area contributed by atoms with Gasteiger partial charge in [0.05, 0.1) is 6.61 Å². The summed E-state index contributed by atoms with van der Waals surface area (Å²) in [6.45, 7) is 2.79. The molecule has 0 bridgehead atoms. The minimum Gasteiger partial charge on any atom is -0.494 e. The number of hydrogen-bond acceptors (Lipinski definition) is 3. The highest BCUT2D eigenvalue weighted by molar-refractivity contribution is 5.74. The lowest BCUT2D eigenvalue weighted by molar-refractivity contribution is 0.129. The normalized spacial score (nSPS) is 18.3. The van der Waals surface area contributed by atoms with Crippen LogP contribution in [-0.4, -0.2) is 48.9 Å². The third-order valence-corrected chi connectivity index (χ3v) is 3.67. The number of carbonyl (C=O) groups is 1. The number of amides is 2. The summed E-state index contributed by atoms with van der Waals surface area (Å²) in [5.74, 6) is 1.08. The van der Waals surface area contributed by atoms with Crippen molar-refractivity contribution in [1.29, 1.82) is 0 Å². The molecule has 1 heterocycles. The molecule has 0 aromatic heterocycles. The molecule has 1 aliphatic rings. The minimum atomic E-state index is -0.0344. The van der Waals surface area contributed by atoms with Gasteiger partial charge in [-0.1, -0.05) is 18.2 Å². The fourth-order valence-electron chi connectivity index (χ4n) is 2.48. The van der Waals surface area contributed by atoms with Crippen LogP contribution < -0.4 is 10.1 Å². The van der Waals surface area contributed by atoms with Crippen molar-refractivity contribution in [3.63, 3.8) is 0 Å². The zero-order chi connectivity index (χ0) is 14.9. The van der Waals surface area contributed by atoms with E-state index >= 15 is 0 Å². The number of benzene rings is 1. The Morgan fingerprint density at radius 2 is 2.19 bits per heavy atom. The van der Waals surface area contributed by atoms with Gasteiger partial charge >= 0.3 is 6.03 Å². The molecule has 1 aromatic rings. The van der Waals surface area contributed by atoms with Crippen molar-refractivity contribution in [3.8, 4) is 5.75 Å². The number of hydrogen-bond donors (Lipinski definition) is 2. The largest absolute Gasteiger partial charge is 0.494 e. The minimum absolute atomic E-state index is 0.0344. The van der Waals surface area contributed by atoms with Gasteiger partial charge in [-0.3, -0.25) is 0 Å². The van der Waals surface area contributed by atoms with Crippen LogP contribution in [0.1, 0.15) is 19.3 Å². The highest BCUT2D eigenvalue weighted by Crippen LogP contribution is 2.15. The number of para-hydroxylation sites is 1. The first-order chi connectivity index (χ1) is 10.3. The summed E-state index contributed by atoms with van der Waals surface area (Å²) in [6.07, 6.45) is 2.75. The molecule has 116 valence electrons. The van der Waals surface area contributed by atoms with Gasteiger partial charge in [0, 0.05) is 26.2 Å². The molecule has 21 heavy (non-hydrogen) atoms. The third-order valence-electron chi connectivity index (χ3n) is 3.67. The first kappa shape index (κ1) is 15.6. The highest BCUT2D eigenvalue weighted by atomic mass is 16.5. The van der Waals surface area contributed by atoms with Gasteiger partial charge in [-0.05, 0) is 37.3 Å². The van der Waals surface area contributed by atoms with Crippen LogP contribution in [0.3, 0.4) is 0 Å². The van der Waals surface area contributed by atoms with Gasteiger partial charge in [-0.2, -0.15) is 0 Å². The van der Waals surface area contributed by atoms with E-state index in [1.165, 1.54) is 0 Å². The second-order valence-corrected chi connectivity index (χ2v) is 5.38. The number of carbonyl (C=O) groups excluding carboxylic acids is 1. The summed E-state index contributed by atoms with van der Waals surface area (Å²) in [6, 6.07) is 9.62. The van der Waals surface area contributed by atoms with Gasteiger partial charge in [0.2, 0.25) is 0 Å². The topological polar surface area (TPSA) is 61.8 Å². The van der Waals surface area contributed by atoms with Crippen molar-refractivity contribution in [2.24, 2.45) is 5.92 Å². The summed E-state index contributed by atoms with van der Waals surface area (Å²) in [4.78, 5) is 13.8. The number of likely N-dealkylation sites (tertiary alicyclic amines) is 1. The molecule has 1 aromatic carbocycles. The Morgan fingerprint density at radius 1 is 1.38 bits per heavy atom. The maximum atomic E-state index is 12.0. The molecule has 1 saturated heterocycles. The maximum Gasteiger partial charge on any atom is 0.317 e. The van der Waals surface area contributed by atoms with Crippen LogP contribution in [0.25, 0.3) is 0 Å². The summed E-state index contributed by atoms with van der Waals surface area (Å²) < 4.78 is 5.57. The fourth-order valence-corrected chi connectivity index (χ4v) is 2.48. The summed E-state index contributed by atoms with van der Waals surface area (Å²) in [5.41, 5.74) is 0. The lowest BCUT2D eigenvalue weighted by Crippen LogP contribution is -2.46. The summed E-state index contributed by atoms with van der Waals surface area (Å²) >= 11 is 0. The molecule has 5 nitrogen and oxygen atoms in total. The average Bonchev–Trinajstić information content (AvgIpc) is 2.55. The number of rotatable bonds is 6. The smallest absolute Gasteiger partial charge is 0.317 e. The monoisotopic (exact) mass is 292 g/mol. The van der Waals surface area contributed by atoms with E-state index in [4.69, 9.17) is 9.84 Å². The molecule has 1 fully saturated rings. The predicted molar refractivity (Wildman–Crippen MR) is 81.3 cm³/mol. The molecular weight excluding hydrogens is 268 g/mol. The number of urea groups is 1. The first-order valence-corrected chi connectivity index (χ1v) is 7.61. The van der Waals surface area contributed by atoms with E-state index in [1.807, 2.05) is 30.3 Å². The van der Waals surface area contributed by atoms with Crippen LogP contribution in [0.4, 0.5) is 4.79 Å². The Hall–Kier alpha value is -1.75. The predicted octanol–water partition coefficient (Wildman–Crippen LogP) is 1.87. The van der Waals surface area contributed by atoms with Crippen molar-refractivity contribution in [1.82, 2.24) is 10.2 Å². The molecule has 1 aliphatic heterocycles. The van der Waals surface area contributed by atoms with Crippen LogP contribution >= 0.6 is 0 Å². The van der Waals surface area contributed by atoms with Gasteiger partial charge in [0.25, 0.3) is 0 Å². The molecule has 5 heteroatoms. The van der Waals surface area contributed by atoms with Gasteiger partial charge in [0.1, 0.15) is 5.75 Å². The standard InChI is InChI=1S/C16H24N2O3/c19-13-14-6-4-10-18(12-14)16(20)17-9-5-11-21-15-7-2-1-3-8-15/h1-3,7-8,14,19H,4-6,9-13H2,(H,17,20). The molecule has 0 spiro atoms. The van der Waals surface area contributed by atoms with E-state index in [9.17, 15) is 4.79 Å². The molecule has 2 amide bonds. The molecule has 2 N–H and O–H groups in total. The van der Waals surface area contributed by atoms with Crippen molar-refractivity contribution >= 4 is 6.03 Å². The molecular formula is C16H24N2O3. The van der Waals surface area contributed by atoms with Crippen molar-refractivity contribution in [2.45, 2.75) is 19.3 Å². The lowest BCUT2D eigenvalue weighted by atomic mass is 9.99. The Labute approximate surface area is 125 Å². The molecule has 0 saturated carbocycles. The van der Waals surface area contributed by atoms with E-state index in [0.717, 1.165) is 31.6 Å². The van der Waals surface area contributed by atoms with E-state index in [1.54, 1.807) is 4.90 Å². The summed E-state index contributed by atoms with van der Waals surface area (Å²) in [5, 5.41) is 12.1. The molecule has 1 unspecified atom stereocenters. The SMILES string of the molecule is O=C(NCCCOc1ccccc1)N1CCCC(CO)C1. The van der Waals surface area contributed by atoms with Gasteiger partial charge in [-0.15, -0.1) is 0 Å². The van der Waals surface area contributed by atoms with Crippen LogP contribution in [-0.2, 0) is 0 Å². The Balaban J connectivity index is 1.59. The number of ether oxygens (including phenoxy) is 1. The number of aliphatic hydroxyl groups excluding tert-OH is 1. The average molecular weight is 292 g/mol. The fraction of sp³-hybridized carbons (Fsp3) is 0.562. The van der Waals surface area contributed by atoms with E-state index in [0.29, 0.717) is 19.7 Å². The quantitative estimate of drug-likeness (QED) is 0.787. The Kier molecular flexibility index (Phi) is 6.34. The van der Waals surface area contributed by atoms with Crippen LogP contribution in [0, 0.1) is 5.92 Å². The number of piperidine rings is 1. The second-order valence-electron chi connectivity index (χ2n) is 5.38. The van der Waals surface area contributed by atoms with E-state index in [2.05, 4.69) is 5.32 Å². The molecule has 0 aliphatic carbocycles. The molecule has 0 radical (unpaired) electrons. The first-order valence-electron chi connectivity index (χ1n) is 7.61. The number of aliphatic hydroxyl groups is 1. The van der Waals surface area contributed by atoms with Gasteiger partial charge in [0.15, 0.2) is 0 Å². The number of nitrogens with one attached hydrogen (secondary N) is 1. The van der Waals surface area contributed by atoms with Gasteiger partial charge in [-0.25, -0.2) is 4.79 Å². The van der Waals surface area contributed by atoms with E-state index in [-0.39, 0.29) is 18.6 Å². The van der Waals surface area contributed by atoms with Crippen molar-refractivity contribution < 1.29 is 14.6 Å². The summed E-state index contributed by atoms with van der Waals surface area (Å²) in [7, 11) is 0. The zero-order valence-corrected chi connectivity index (χ0v) is 12.3. The maximum absolute atomic E-state index is 12.0. The Bertz CT molecular complexity index is 425. The van der Waals surface area contributed by atoms with Crippen LogP contribution in [0.15, 0.2) is 30.3 Å². The lowest BCUT2D eigenvalue weighted by Gasteiger charge is -2.31. The van der Waals surface area contributed by atoms with Crippen molar-refractivity contribution in [2.75, 3.05) is 32.8 Å². The van der Waals surface area contributed by atoms with Crippen molar-refractivity contribution in [3.05, 3.63) is 30.3 Å². The van der Waals surface area contributed by atoms with Crippen LogP contribution in [0.2, 0.25) is 0 Å². The zero-order valence-electron chi connectivity index (χ0n) is 12.3.